The number of nitrogens with zero attached hydrogens (tertiary/aromatic N) is 2. The molecule has 2 aromatic carbocycles. The van der Waals surface area contributed by atoms with Crippen LogP contribution < -0.4 is 15.6 Å². The van der Waals surface area contributed by atoms with Crippen molar-refractivity contribution >= 4 is 27.0 Å². The Kier molecular flexibility index (Phi) is 6.56. The number of sulfonamides is 1. The summed E-state index contributed by atoms with van der Waals surface area (Å²) in [7, 11) is -3.67. The monoisotopic (exact) mass is 442 g/mol. The molecule has 3 rings (SSSR count). The molecule has 0 aliphatic rings. The lowest BCUT2D eigenvalue weighted by Gasteiger charge is -2.12. The van der Waals surface area contributed by atoms with Crippen molar-refractivity contribution in [2.75, 3.05) is 13.1 Å². The maximum absolute atomic E-state index is 12.5. The lowest BCUT2D eigenvalue weighted by molar-refractivity contribution is 0.0954. The number of amides is 1. The molecule has 0 saturated heterocycles. The van der Waals surface area contributed by atoms with Crippen molar-refractivity contribution in [3.63, 3.8) is 0 Å². The maximum Gasteiger partial charge on any atom is 0.272 e. The Hall–Kier alpha value is -3.04. The van der Waals surface area contributed by atoms with Gasteiger partial charge in [0.1, 0.15) is 5.69 Å². The van der Waals surface area contributed by atoms with E-state index in [-0.39, 0.29) is 29.5 Å². The minimum atomic E-state index is -3.67. The second-order valence-electron chi connectivity index (χ2n) is 7.37. The zero-order valence-corrected chi connectivity index (χ0v) is 18.8. The summed E-state index contributed by atoms with van der Waals surface area (Å²) in [5, 5.41) is 2.71. The van der Waals surface area contributed by atoms with Crippen LogP contribution in [0.25, 0.3) is 11.0 Å². The first kappa shape index (κ1) is 22.6. The van der Waals surface area contributed by atoms with E-state index >= 15 is 0 Å². The van der Waals surface area contributed by atoms with Gasteiger partial charge in [-0.3, -0.25) is 9.59 Å². The summed E-state index contributed by atoms with van der Waals surface area (Å²) < 4.78 is 29.2. The molecule has 2 N–H and O–H groups in total. The van der Waals surface area contributed by atoms with Crippen LogP contribution in [0.2, 0.25) is 0 Å². The summed E-state index contributed by atoms with van der Waals surface area (Å²) in [6, 6.07) is 10.2. The number of aryl methyl sites for hydroxylation is 4. The van der Waals surface area contributed by atoms with Crippen molar-refractivity contribution in [3.8, 4) is 0 Å². The molecule has 0 radical (unpaired) electrons. The van der Waals surface area contributed by atoms with Gasteiger partial charge < -0.3 is 9.88 Å². The summed E-state index contributed by atoms with van der Waals surface area (Å²) in [5.41, 5.74) is 3.34. The first-order chi connectivity index (χ1) is 14.6. The highest BCUT2D eigenvalue weighted by Gasteiger charge is 2.17. The van der Waals surface area contributed by atoms with Crippen LogP contribution in [0.3, 0.4) is 0 Å². The molecule has 0 fully saturated rings. The van der Waals surface area contributed by atoms with E-state index in [1.54, 1.807) is 48.7 Å². The molecule has 8 nitrogen and oxygen atoms in total. The van der Waals surface area contributed by atoms with E-state index in [4.69, 9.17) is 0 Å². The van der Waals surface area contributed by atoms with Crippen molar-refractivity contribution in [1.29, 1.82) is 0 Å². The standard InChI is InChI=1S/C22H26N4O4S/c1-5-26-19-9-8-17(13-18(19)25-16(4)22(26)28)21(27)23-10-11-24-31(29,30)20-12-14(2)6-7-15(20)3/h6-9,12-13,24H,5,10-11H2,1-4H3,(H,23,27). The molecule has 0 unspecified atom stereocenters. The van der Waals surface area contributed by atoms with E-state index in [0.717, 1.165) is 5.56 Å². The van der Waals surface area contributed by atoms with Crippen LogP contribution in [-0.2, 0) is 16.6 Å². The van der Waals surface area contributed by atoms with Gasteiger partial charge in [0, 0.05) is 25.2 Å². The van der Waals surface area contributed by atoms with Crippen LogP contribution in [-0.4, -0.2) is 37.0 Å². The molecule has 164 valence electrons. The highest BCUT2D eigenvalue weighted by atomic mass is 32.2. The third kappa shape index (κ3) is 4.83. The van der Waals surface area contributed by atoms with E-state index in [9.17, 15) is 18.0 Å². The van der Waals surface area contributed by atoms with Gasteiger partial charge in [-0.05, 0) is 63.1 Å². The highest BCUT2D eigenvalue weighted by molar-refractivity contribution is 7.89. The number of aromatic nitrogens is 2. The molecule has 1 heterocycles. The molecule has 9 heteroatoms. The SMILES string of the molecule is CCn1c(=O)c(C)nc2cc(C(=O)NCCNS(=O)(=O)c3cc(C)ccc3C)ccc21. The maximum atomic E-state index is 12.5. The number of benzene rings is 2. The molecule has 0 saturated carbocycles. The predicted molar refractivity (Wildman–Crippen MR) is 120 cm³/mol. The summed E-state index contributed by atoms with van der Waals surface area (Å²) in [5.74, 6) is -0.346. The lowest BCUT2D eigenvalue weighted by Crippen LogP contribution is -2.35. The zero-order chi connectivity index (χ0) is 22.8. The van der Waals surface area contributed by atoms with Crippen LogP contribution in [0.15, 0.2) is 46.1 Å². The van der Waals surface area contributed by atoms with Gasteiger partial charge in [-0.15, -0.1) is 0 Å². The van der Waals surface area contributed by atoms with Crippen LogP contribution in [0.5, 0.6) is 0 Å². The van der Waals surface area contributed by atoms with E-state index in [1.165, 1.54) is 0 Å². The second kappa shape index (κ2) is 8.99. The number of hydrogen-bond acceptors (Lipinski definition) is 5. The van der Waals surface area contributed by atoms with E-state index in [2.05, 4.69) is 15.0 Å². The van der Waals surface area contributed by atoms with Gasteiger partial charge in [-0.2, -0.15) is 0 Å². The first-order valence-electron chi connectivity index (χ1n) is 10.0. The predicted octanol–water partition coefficient (Wildman–Crippen LogP) is 2.05. The summed E-state index contributed by atoms with van der Waals surface area (Å²) in [4.78, 5) is 29.2. The molecule has 0 spiro atoms. The van der Waals surface area contributed by atoms with Crippen LogP contribution in [0.4, 0.5) is 0 Å². The molecule has 0 bridgehead atoms. The Morgan fingerprint density at radius 1 is 1.06 bits per heavy atom. The van der Waals surface area contributed by atoms with Crippen molar-refractivity contribution < 1.29 is 13.2 Å². The molecule has 1 amide bonds. The topological polar surface area (TPSA) is 110 Å². The highest BCUT2D eigenvalue weighted by Crippen LogP contribution is 2.16. The van der Waals surface area contributed by atoms with Gasteiger partial charge >= 0.3 is 0 Å². The van der Waals surface area contributed by atoms with Crippen LogP contribution in [0, 0.1) is 20.8 Å². The number of fused-ring (bicyclic) bond motifs is 1. The largest absolute Gasteiger partial charge is 0.351 e. The van der Waals surface area contributed by atoms with E-state index in [0.29, 0.717) is 34.4 Å². The average Bonchev–Trinajstić information content (AvgIpc) is 2.73. The smallest absolute Gasteiger partial charge is 0.272 e. The molecule has 0 aliphatic heterocycles. The van der Waals surface area contributed by atoms with Gasteiger partial charge in [-0.25, -0.2) is 18.1 Å². The Morgan fingerprint density at radius 3 is 2.52 bits per heavy atom. The first-order valence-corrected chi connectivity index (χ1v) is 11.5. The molecule has 3 aromatic rings. The van der Waals surface area contributed by atoms with Crippen LogP contribution >= 0.6 is 0 Å². The van der Waals surface area contributed by atoms with Crippen molar-refractivity contribution in [3.05, 3.63) is 69.1 Å². The molecule has 31 heavy (non-hydrogen) atoms. The van der Waals surface area contributed by atoms with Crippen LogP contribution in [0.1, 0.15) is 34.1 Å². The molecule has 1 aromatic heterocycles. The fourth-order valence-electron chi connectivity index (χ4n) is 3.37. The number of rotatable bonds is 7. The lowest BCUT2D eigenvalue weighted by atomic mass is 10.1. The van der Waals surface area contributed by atoms with Crippen molar-refractivity contribution in [1.82, 2.24) is 19.6 Å². The van der Waals surface area contributed by atoms with Gasteiger partial charge in [0.25, 0.3) is 11.5 Å². The van der Waals surface area contributed by atoms with Gasteiger partial charge in [0.05, 0.1) is 15.9 Å². The van der Waals surface area contributed by atoms with Gasteiger partial charge in [0.2, 0.25) is 10.0 Å². The fraction of sp³-hybridized carbons (Fsp3) is 0.318. The minimum absolute atomic E-state index is 0.0573. The Bertz CT molecular complexity index is 1310. The molecule has 0 aliphatic carbocycles. The molecular formula is C22H26N4O4S. The Balaban J connectivity index is 1.67. The van der Waals surface area contributed by atoms with E-state index in [1.807, 2.05) is 19.9 Å². The van der Waals surface area contributed by atoms with Crippen molar-refractivity contribution in [2.45, 2.75) is 39.1 Å². The Labute approximate surface area is 181 Å². The summed E-state index contributed by atoms with van der Waals surface area (Å²) >= 11 is 0. The fourth-order valence-corrected chi connectivity index (χ4v) is 4.73. The number of hydrogen-bond donors (Lipinski definition) is 2. The van der Waals surface area contributed by atoms with E-state index < -0.39 is 10.0 Å². The quantitative estimate of drug-likeness (QED) is 0.544. The minimum Gasteiger partial charge on any atom is -0.351 e. The second-order valence-corrected chi connectivity index (χ2v) is 9.11. The Morgan fingerprint density at radius 2 is 1.81 bits per heavy atom. The molecular weight excluding hydrogens is 416 g/mol. The van der Waals surface area contributed by atoms with Gasteiger partial charge in [0.15, 0.2) is 0 Å². The van der Waals surface area contributed by atoms with Crippen molar-refractivity contribution in [2.24, 2.45) is 0 Å². The summed E-state index contributed by atoms with van der Waals surface area (Å²) in [6.07, 6.45) is 0. The average molecular weight is 443 g/mol. The normalized spacial score (nSPS) is 11.6. The van der Waals surface area contributed by atoms with Gasteiger partial charge in [-0.1, -0.05) is 12.1 Å². The third-order valence-electron chi connectivity index (χ3n) is 5.02. The number of carbonyl (C=O) groups is 1. The summed E-state index contributed by atoms with van der Waals surface area (Å²) in [6.45, 7) is 7.78. The third-order valence-corrected chi connectivity index (χ3v) is 6.63. The number of carbonyl (C=O) groups excluding carboxylic acids is 1. The molecule has 0 atom stereocenters. The number of nitrogens with one attached hydrogen (secondary N) is 2. The zero-order valence-electron chi connectivity index (χ0n) is 18.0.